The number of ether oxygens (including phenoxy) is 1. The van der Waals surface area contributed by atoms with Crippen LogP contribution in [0.4, 0.5) is 5.00 Å². The van der Waals surface area contributed by atoms with Crippen LogP contribution in [-0.2, 0) is 13.0 Å². The van der Waals surface area contributed by atoms with Crippen LogP contribution in [0.1, 0.15) is 39.5 Å². The predicted molar refractivity (Wildman–Crippen MR) is 103 cm³/mol. The number of nitrogens with zero attached hydrogens (tertiary/aromatic N) is 1. The van der Waals surface area contributed by atoms with Gasteiger partial charge in [-0.25, -0.2) is 0 Å². The summed E-state index contributed by atoms with van der Waals surface area (Å²) in [5.74, 6) is 0.797. The Morgan fingerprint density at radius 2 is 2.24 bits per heavy atom. The van der Waals surface area contributed by atoms with Crippen LogP contribution in [0.15, 0.2) is 22.7 Å². The molecule has 0 spiro atoms. The zero-order chi connectivity index (χ0) is 17.6. The summed E-state index contributed by atoms with van der Waals surface area (Å²) in [7, 11) is 1.64. The Kier molecular flexibility index (Phi) is 4.47. The van der Waals surface area contributed by atoms with Crippen LogP contribution in [0.25, 0.3) is 0 Å². The van der Waals surface area contributed by atoms with E-state index in [1.54, 1.807) is 18.4 Å². The van der Waals surface area contributed by atoms with Crippen molar-refractivity contribution in [3.63, 3.8) is 0 Å². The van der Waals surface area contributed by atoms with Gasteiger partial charge < -0.3 is 15.4 Å². The molecule has 0 saturated heterocycles. The van der Waals surface area contributed by atoms with E-state index < -0.39 is 0 Å². The second-order valence-electron chi connectivity index (χ2n) is 6.27. The third-order valence-electron chi connectivity index (χ3n) is 4.87. The fraction of sp³-hybridized carbons (Fsp3) is 0.389. The van der Waals surface area contributed by atoms with Crippen LogP contribution in [0.5, 0.6) is 5.75 Å². The number of carbonyl (C=O) groups excluding carboxylic acids is 1. The fourth-order valence-corrected chi connectivity index (χ4v) is 5.34. The Hall–Kier alpha value is -1.57. The molecule has 7 heteroatoms. The molecular formula is C18H20BrN3O2S. The molecule has 1 amide bonds. The van der Waals surface area contributed by atoms with Gasteiger partial charge in [0, 0.05) is 18.0 Å². The van der Waals surface area contributed by atoms with Crippen molar-refractivity contribution in [2.75, 3.05) is 25.5 Å². The number of fused-ring (bicyclic) bond motifs is 3. The fourth-order valence-electron chi connectivity index (χ4n) is 3.47. The lowest BCUT2D eigenvalue weighted by atomic mass is 10.0. The van der Waals surface area contributed by atoms with Crippen LogP contribution in [0.2, 0.25) is 0 Å². The van der Waals surface area contributed by atoms with Gasteiger partial charge in [-0.3, -0.25) is 9.69 Å². The molecular weight excluding hydrogens is 402 g/mol. The number of likely N-dealkylation sites (N-methyl/N-ethyl adjacent to an activating group) is 1. The van der Waals surface area contributed by atoms with Gasteiger partial charge in [0.2, 0.25) is 0 Å². The van der Waals surface area contributed by atoms with E-state index >= 15 is 0 Å². The summed E-state index contributed by atoms with van der Waals surface area (Å²) >= 11 is 5.23. The Labute approximate surface area is 159 Å². The average molecular weight is 422 g/mol. The molecule has 0 fully saturated rings. The Morgan fingerprint density at radius 1 is 1.40 bits per heavy atom. The van der Waals surface area contributed by atoms with Crippen LogP contribution < -0.4 is 15.4 Å². The van der Waals surface area contributed by atoms with Crippen LogP contribution in [-0.4, -0.2) is 31.0 Å². The molecule has 0 aliphatic carbocycles. The average Bonchev–Trinajstić information content (AvgIpc) is 2.99. The van der Waals surface area contributed by atoms with Crippen molar-refractivity contribution in [3.8, 4) is 5.75 Å². The number of carbonyl (C=O) groups is 1. The zero-order valence-electron chi connectivity index (χ0n) is 14.2. The molecule has 1 atom stereocenters. The number of nitrogens with one attached hydrogen (secondary N) is 2. The van der Waals surface area contributed by atoms with E-state index in [-0.39, 0.29) is 12.1 Å². The highest BCUT2D eigenvalue weighted by atomic mass is 79.9. The van der Waals surface area contributed by atoms with E-state index in [4.69, 9.17) is 4.74 Å². The number of halogens is 1. The first-order valence-electron chi connectivity index (χ1n) is 8.38. The van der Waals surface area contributed by atoms with Gasteiger partial charge in [-0.05, 0) is 52.2 Å². The standard InChI is InChI=1S/C18H20BrN3O2S/c1-3-22-7-6-11-14(9-22)25-18-15(11)17(23)20-16(21-18)10-4-5-13(24-2)12(19)8-10/h4-5,8,16,21H,3,6-7,9H2,1-2H3,(H,20,23)/t16-/m1/s1. The molecule has 2 aliphatic heterocycles. The van der Waals surface area contributed by atoms with Crippen molar-refractivity contribution in [1.82, 2.24) is 10.2 Å². The van der Waals surface area contributed by atoms with Gasteiger partial charge in [0.1, 0.15) is 16.9 Å². The van der Waals surface area contributed by atoms with E-state index in [0.717, 1.165) is 52.4 Å². The highest BCUT2D eigenvalue weighted by Gasteiger charge is 2.33. The molecule has 1 aromatic carbocycles. The molecule has 0 saturated carbocycles. The van der Waals surface area contributed by atoms with Gasteiger partial charge in [0.15, 0.2) is 0 Å². The number of rotatable bonds is 3. The summed E-state index contributed by atoms with van der Waals surface area (Å²) in [4.78, 5) is 16.5. The number of methoxy groups -OCH3 is 1. The first-order chi connectivity index (χ1) is 12.1. The van der Waals surface area contributed by atoms with Gasteiger partial charge in [-0.2, -0.15) is 0 Å². The third kappa shape index (κ3) is 2.94. The van der Waals surface area contributed by atoms with Crippen molar-refractivity contribution < 1.29 is 9.53 Å². The molecule has 4 rings (SSSR count). The summed E-state index contributed by atoms with van der Waals surface area (Å²) in [6.45, 7) is 5.19. The van der Waals surface area contributed by atoms with Crippen LogP contribution in [0.3, 0.4) is 0 Å². The summed E-state index contributed by atoms with van der Waals surface area (Å²) in [5.41, 5.74) is 3.07. The first kappa shape index (κ1) is 16.9. The number of hydrogen-bond donors (Lipinski definition) is 2. The van der Waals surface area contributed by atoms with Gasteiger partial charge in [0.05, 0.1) is 17.1 Å². The minimum absolute atomic E-state index is 0.0214. The molecule has 0 unspecified atom stereocenters. The number of anilines is 1. The van der Waals surface area contributed by atoms with Crippen LogP contribution >= 0.6 is 27.3 Å². The maximum atomic E-state index is 12.8. The van der Waals surface area contributed by atoms with Crippen LogP contribution in [0, 0.1) is 0 Å². The van der Waals surface area contributed by atoms with Gasteiger partial charge in [0.25, 0.3) is 5.91 Å². The molecule has 2 aliphatic rings. The maximum Gasteiger partial charge on any atom is 0.256 e. The molecule has 2 N–H and O–H groups in total. The van der Waals surface area contributed by atoms with E-state index in [0.29, 0.717) is 0 Å². The molecule has 0 bridgehead atoms. The second kappa shape index (κ2) is 6.63. The number of amides is 1. The molecule has 5 nitrogen and oxygen atoms in total. The van der Waals surface area contributed by atoms with Crippen molar-refractivity contribution in [1.29, 1.82) is 0 Å². The highest BCUT2D eigenvalue weighted by molar-refractivity contribution is 9.10. The lowest BCUT2D eigenvalue weighted by molar-refractivity contribution is 0.0934. The molecule has 0 radical (unpaired) electrons. The highest BCUT2D eigenvalue weighted by Crippen LogP contribution is 2.41. The maximum absolute atomic E-state index is 12.8. The monoisotopic (exact) mass is 421 g/mol. The van der Waals surface area contributed by atoms with Gasteiger partial charge in [-0.1, -0.05) is 13.0 Å². The Bertz CT molecular complexity index is 836. The quantitative estimate of drug-likeness (QED) is 0.791. The third-order valence-corrected chi connectivity index (χ3v) is 6.64. The zero-order valence-corrected chi connectivity index (χ0v) is 16.6. The van der Waals surface area contributed by atoms with E-state index in [9.17, 15) is 4.79 Å². The van der Waals surface area contributed by atoms with E-state index in [2.05, 4.69) is 38.4 Å². The number of hydrogen-bond acceptors (Lipinski definition) is 5. The minimum Gasteiger partial charge on any atom is -0.496 e. The molecule has 2 aromatic rings. The lowest BCUT2D eigenvalue weighted by Crippen LogP contribution is -2.38. The first-order valence-corrected chi connectivity index (χ1v) is 9.99. The van der Waals surface area contributed by atoms with Gasteiger partial charge in [-0.15, -0.1) is 11.3 Å². The van der Waals surface area contributed by atoms with Crippen molar-refractivity contribution in [2.24, 2.45) is 0 Å². The van der Waals surface area contributed by atoms with Crippen molar-refractivity contribution >= 4 is 38.2 Å². The van der Waals surface area contributed by atoms with E-state index in [1.165, 1.54) is 10.4 Å². The summed E-state index contributed by atoms with van der Waals surface area (Å²) in [6.07, 6.45) is 0.715. The topological polar surface area (TPSA) is 53.6 Å². The number of thiophene rings is 1. The Balaban J connectivity index is 1.65. The number of benzene rings is 1. The molecule has 1 aromatic heterocycles. The van der Waals surface area contributed by atoms with Crippen molar-refractivity contribution in [3.05, 3.63) is 44.2 Å². The molecule has 132 valence electrons. The minimum atomic E-state index is -0.232. The summed E-state index contributed by atoms with van der Waals surface area (Å²) in [5, 5.41) is 7.59. The van der Waals surface area contributed by atoms with Crippen molar-refractivity contribution in [2.45, 2.75) is 26.1 Å². The van der Waals surface area contributed by atoms with Gasteiger partial charge >= 0.3 is 0 Å². The smallest absolute Gasteiger partial charge is 0.256 e. The molecule has 25 heavy (non-hydrogen) atoms. The largest absolute Gasteiger partial charge is 0.496 e. The molecule has 3 heterocycles. The predicted octanol–water partition coefficient (Wildman–Crippen LogP) is 3.75. The lowest BCUT2D eigenvalue weighted by Gasteiger charge is -2.28. The second-order valence-corrected chi connectivity index (χ2v) is 8.23. The Morgan fingerprint density at radius 3 is 2.96 bits per heavy atom. The van der Waals surface area contributed by atoms with E-state index in [1.807, 2.05) is 18.2 Å². The normalized spacial score (nSPS) is 19.6. The summed E-state index contributed by atoms with van der Waals surface area (Å²) < 4.78 is 6.16. The summed E-state index contributed by atoms with van der Waals surface area (Å²) in [6, 6.07) is 5.86. The SMILES string of the molecule is CCN1CCc2c(sc3c2C(=O)N[C@@H](c2ccc(OC)c(Br)c2)N3)C1.